The number of allylic oxidation sites excluding steroid dienone is 1. The Morgan fingerprint density at radius 1 is 0.416 bits per heavy atom. The standard InChI is InChI=1S/C71H43N3O2S/c1-3-16-48-49-37-35-44(40-64(49)77-63(48)4-2)68-72-69(52-22-14-29-61-66(52)51-20-8-12-28-59(51)75-61)74-70(73-68)53-23-15-30-62-67(53)54-39-43(36-38-60(54)76-62)41-31-33-42(34-32-41)45-21-13-27-58-65(45)50-19-7-11-26-57(50)71(58)55-24-9-5-17-46(55)47-18-6-10-25-56(47)71/h3-40H,2H2,1H3/b16-3-. The maximum Gasteiger partial charge on any atom is 0.164 e. The average molecular weight is 1000 g/mol. The van der Waals surface area contributed by atoms with Crippen LogP contribution in [0, 0.1) is 0 Å². The molecule has 360 valence electrons. The first kappa shape index (κ1) is 43.6. The van der Waals surface area contributed by atoms with Crippen molar-refractivity contribution in [3.05, 3.63) is 258 Å². The van der Waals surface area contributed by atoms with Crippen LogP contribution >= 0.6 is 11.3 Å². The van der Waals surface area contributed by atoms with E-state index in [4.69, 9.17) is 23.8 Å². The number of hydrogen-bond acceptors (Lipinski definition) is 6. The van der Waals surface area contributed by atoms with E-state index in [1.807, 2.05) is 55.5 Å². The molecule has 5 nitrogen and oxygen atoms in total. The summed E-state index contributed by atoms with van der Waals surface area (Å²) in [4.78, 5) is 17.1. The van der Waals surface area contributed by atoms with Gasteiger partial charge in [-0.15, -0.1) is 11.3 Å². The first-order chi connectivity index (χ1) is 38.1. The lowest BCUT2D eigenvalue weighted by atomic mass is 9.70. The minimum Gasteiger partial charge on any atom is -0.456 e. The zero-order valence-corrected chi connectivity index (χ0v) is 42.5. The van der Waals surface area contributed by atoms with Gasteiger partial charge in [0.05, 0.1) is 5.41 Å². The minimum atomic E-state index is -0.394. The van der Waals surface area contributed by atoms with Gasteiger partial charge in [-0.3, -0.25) is 0 Å². The second kappa shape index (κ2) is 16.6. The summed E-state index contributed by atoms with van der Waals surface area (Å²) in [5.74, 6) is 1.68. The molecule has 0 unspecified atom stereocenters. The van der Waals surface area contributed by atoms with E-state index in [1.165, 1.54) is 66.6 Å². The van der Waals surface area contributed by atoms with Gasteiger partial charge >= 0.3 is 0 Å². The second-order valence-corrected chi connectivity index (χ2v) is 21.1. The molecule has 2 aliphatic carbocycles. The van der Waals surface area contributed by atoms with Gasteiger partial charge in [0.1, 0.15) is 22.3 Å². The number of furan rings is 2. The smallest absolute Gasteiger partial charge is 0.164 e. The highest BCUT2D eigenvalue weighted by atomic mass is 32.1. The van der Waals surface area contributed by atoms with Crippen LogP contribution in [-0.4, -0.2) is 15.0 Å². The van der Waals surface area contributed by atoms with E-state index >= 15 is 0 Å². The summed E-state index contributed by atoms with van der Waals surface area (Å²) in [6, 6.07) is 76.3. The van der Waals surface area contributed by atoms with Crippen molar-refractivity contribution in [1.29, 1.82) is 0 Å². The lowest BCUT2D eigenvalue weighted by Crippen LogP contribution is -2.25. The highest BCUT2D eigenvalue weighted by Gasteiger charge is 2.52. The van der Waals surface area contributed by atoms with Gasteiger partial charge in [-0.1, -0.05) is 201 Å². The van der Waals surface area contributed by atoms with E-state index in [-0.39, 0.29) is 0 Å². The molecule has 0 fully saturated rings. The van der Waals surface area contributed by atoms with Gasteiger partial charge in [0.25, 0.3) is 0 Å². The summed E-state index contributed by atoms with van der Waals surface area (Å²) in [7, 11) is 0. The van der Waals surface area contributed by atoms with E-state index in [1.54, 1.807) is 11.3 Å². The number of para-hydroxylation sites is 1. The fourth-order valence-corrected chi connectivity index (χ4v) is 14.0. The highest BCUT2D eigenvalue weighted by molar-refractivity contribution is 7.20. The van der Waals surface area contributed by atoms with Crippen LogP contribution in [0.5, 0.6) is 0 Å². The van der Waals surface area contributed by atoms with E-state index in [0.717, 1.165) is 81.3 Å². The van der Waals surface area contributed by atoms with Gasteiger partial charge in [0, 0.05) is 53.2 Å². The minimum absolute atomic E-state index is 0.394. The molecular formula is C71H43N3O2S. The van der Waals surface area contributed by atoms with Crippen LogP contribution in [0.25, 0.3) is 145 Å². The van der Waals surface area contributed by atoms with Crippen LogP contribution < -0.4 is 0 Å². The average Bonchev–Trinajstić information content (AvgIpc) is 4.46. The number of benzene rings is 10. The Labute approximate surface area is 447 Å². The Morgan fingerprint density at radius 3 is 1.64 bits per heavy atom. The van der Waals surface area contributed by atoms with Gasteiger partial charge in [0.15, 0.2) is 17.5 Å². The summed E-state index contributed by atoms with van der Waals surface area (Å²) >= 11 is 1.72. The molecule has 0 aliphatic heterocycles. The summed E-state index contributed by atoms with van der Waals surface area (Å²) < 4.78 is 14.2. The zero-order chi connectivity index (χ0) is 50.9. The maximum atomic E-state index is 6.66. The summed E-state index contributed by atoms with van der Waals surface area (Å²) in [5.41, 5.74) is 21.7. The Bertz CT molecular complexity index is 4810. The predicted octanol–water partition coefficient (Wildman–Crippen LogP) is 19.2. The van der Waals surface area contributed by atoms with Crippen molar-refractivity contribution < 1.29 is 8.83 Å². The van der Waals surface area contributed by atoms with Gasteiger partial charge in [-0.2, -0.15) is 0 Å². The zero-order valence-electron chi connectivity index (χ0n) is 41.7. The Morgan fingerprint density at radius 2 is 0.935 bits per heavy atom. The van der Waals surface area contributed by atoms with Crippen LogP contribution in [0.4, 0.5) is 0 Å². The Hall–Kier alpha value is -9.75. The Kier molecular flexibility index (Phi) is 9.42. The fraction of sp³-hybridized carbons (Fsp3) is 0.0282. The van der Waals surface area contributed by atoms with Gasteiger partial charge in [-0.05, 0) is 116 Å². The third-order valence-electron chi connectivity index (χ3n) is 16.1. The van der Waals surface area contributed by atoms with E-state index < -0.39 is 5.41 Å². The number of thiophene rings is 1. The molecule has 10 aromatic carbocycles. The van der Waals surface area contributed by atoms with Crippen molar-refractivity contribution >= 4 is 77.5 Å². The predicted molar refractivity (Wildman–Crippen MR) is 318 cm³/mol. The molecule has 2 aliphatic rings. The normalized spacial score (nSPS) is 13.1. The van der Waals surface area contributed by atoms with Crippen LogP contribution in [0.1, 0.15) is 39.6 Å². The van der Waals surface area contributed by atoms with E-state index in [2.05, 4.69) is 189 Å². The van der Waals surface area contributed by atoms with E-state index in [0.29, 0.717) is 17.5 Å². The Balaban J connectivity index is 0.834. The van der Waals surface area contributed by atoms with Gasteiger partial charge in [0.2, 0.25) is 0 Å². The molecule has 0 amide bonds. The lowest BCUT2D eigenvalue weighted by Gasteiger charge is -2.30. The molecule has 4 aromatic heterocycles. The molecule has 0 bridgehead atoms. The second-order valence-electron chi connectivity index (χ2n) is 20.1. The first-order valence-corrected chi connectivity index (χ1v) is 26.9. The highest BCUT2D eigenvalue weighted by Crippen LogP contribution is 2.64. The molecule has 4 heterocycles. The third-order valence-corrected chi connectivity index (χ3v) is 17.3. The lowest BCUT2D eigenvalue weighted by molar-refractivity contribution is 0.668. The van der Waals surface area contributed by atoms with Crippen molar-refractivity contribution in [3.8, 4) is 78.7 Å². The summed E-state index contributed by atoms with van der Waals surface area (Å²) in [6.45, 7) is 6.17. The maximum absolute atomic E-state index is 6.66. The van der Waals surface area contributed by atoms with Crippen molar-refractivity contribution in [2.75, 3.05) is 0 Å². The molecule has 6 heteroatoms. The van der Waals surface area contributed by atoms with Crippen molar-refractivity contribution in [2.45, 2.75) is 12.3 Å². The quantitative estimate of drug-likeness (QED) is 0.159. The van der Waals surface area contributed by atoms with Crippen LogP contribution in [0.2, 0.25) is 0 Å². The number of aromatic nitrogens is 3. The van der Waals surface area contributed by atoms with Gasteiger partial charge in [-0.25, -0.2) is 15.0 Å². The summed E-state index contributed by atoms with van der Waals surface area (Å²) in [6.07, 6.45) is 6.16. The topological polar surface area (TPSA) is 65.0 Å². The number of fused-ring (bicyclic) bond motifs is 17. The molecule has 0 saturated heterocycles. The molecule has 0 radical (unpaired) electrons. The van der Waals surface area contributed by atoms with Crippen molar-refractivity contribution in [3.63, 3.8) is 0 Å². The number of hydrogen-bond donors (Lipinski definition) is 0. The molecular weight excluding hydrogens is 959 g/mol. The first-order valence-electron chi connectivity index (χ1n) is 26.1. The van der Waals surface area contributed by atoms with Crippen molar-refractivity contribution in [2.24, 2.45) is 0 Å². The van der Waals surface area contributed by atoms with Crippen molar-refractivity contribution in [1.82, 2.24) is 15.0 Å². The van der Waals surface area contributed by atoms with Gasteiger partial charge < -0.3 is 8.83 Å². The molecule has 14 aromatic rings. The largest absolute Gasteiger partial charge is 0.456 e. The molecule has 1 spiro atoms. The molecule has 77 heavy (non-hydrogen) atoms. The molecule has 0 N–H and O–H groups in total. The fourth-order valence-electron chi connectivity index (χ4n) is 12.9. The molecule has 0 saturated carbocycles. The summed E-state index contributed by atoms with van der Waals surface area (Å²) in [5, 5.41) is 5.06. The molecule has 0 atom stereocenters. The molecule has 16 rings (SSSR count). The van der Waals surface area contributed by atoms with Crippen LogP contribution in [0.15, 0.2) is 234 Å². The number of nitrogens with zero attached hydrogens (tertiary/aromatic N) is 3. The monoisotopic (exact) mass is 1000 g/mol. The van der Waals surface area contributed by atoms with Crippen LogP contribution in [-0.2, 0) is 5.41 Å². The van der Waals surface area contributed by atoms with E-state index in [9.17, 15) is 0 Å². The SMILES string of the molecule is C=Cc1sc2cc(-c3nc(-c4cccc5oc6ccccc6c45)nc(-c4cccc5oc6ccc(-c7ccc(-c8cccc9c8-c8ccccc8C98c9ccccc9-c9ccccc98)cc7)cc6c45)n3)ccc2c1/C=C\C. The van der Waals surface area contributed by atoms with Crippen LogP contribution in [0.3, 0.4) is 0 Å². The number of rotatable bonds is 7. The third kappa shape index (κ3) is 6.25.